The molecule has 0 aliphatic carbocycles. The fourth-order valence-electron chi connectivity index (χ4n) is 3.22. The predicted molar refractivity (Wildman–Crippen MR) is 126 cm³/mol. The molecule has 10 heteroatoms. The molecule has 7 nitrogen and oxygen atoms in total. The summed E-state index contributed by atoms with van der Waals surface area (Å²) in [7, 11) is -3.48. The molecule has 168 valence electrons. The fourth-order valence-corrected chi connectivity index (χ4v) is 4.05. The quantitative estimate of drug-likeness (QED) is 0.381. The Morgan fingerprint density at radius 3 is 2.36 bits per heavy atom. The summed E-state index contributed by atoms with van der Waals surface area (Å²) >= 11 is 6.04. The van der Waals surface area contributed by atoms with Gasteiger partial charge in [-0.3, -0.25) is 4.98 Å². The van der Waals surface area contributed by atoms with Gasteiger partial charge in [0.15, 0.2) is 9.84 Å². The minimum Gasteiger partial charge on any atom is -0.371 e. The van der Waals surface area contributed by atoms with Crippen molar-refractivity contribution in [3.8, 4) is 0 Å². The number of aromatic nitrogens is 3. The molecule has 2 aromatic heterocycles. The topological polar surface area (TPSA) is 96.9 Å². The molecule has 0 radical (unpaired) electrons. The van der Waals surface area contributed by atoms with Gasteiger partial charge >= 0.3 is 0 Å². The van der Waals surface area contributed by atoms with E-state index in [-0.39, 0.29) is 21.4 Å². The third-order valence-corrected chi connectivity index (χ3v) is 6.21. The van der Waals surface area contributed by atoms with Crippen LogP contribution >= 0.6 is 11.6 Å². The van der Waals surface area contributed by atoms with Crippen LogP contribution in [0.25, 0.3) is 0 Å². The van der Waals surface area contributed by atoms with Crippen LogP contribution in [0.15, 0.2) is 84.1 Å². The van der Waals surface area contributed by atoms with E-state index in [1.807, 2.05) is 0 Å². The summed E-state index contributed by atoms with van der Waals surface area (Å²) in [5.74, 6) is -0.300. The first-order chi connectivity index (χ1) is 15.8. The van der Waals surface area contributed by atoms with E-state index in [4.69, 9.17) is 11.6 Å². The minimum atomic E-state index is -3.48. The maximum atomic E-state index is 15.0. The molecule has 0 unspecified atom stereocenters. The van der Waals surface area contributed by atoms with Gasteiger partial charge in [-0.25, -0.2) is 22.8 Å². The smallest absolute Gasteiger partial charge is 0.227 e. The first kappa shape index (κ1) is 22.6. The van der Waals surface area contributed by atoms with Gasteiger partial charge in [-0.2, -0.15) is 0 Å². The Morgan fingerprint density at radius 2 is 1.67 bits per heavy atom. The van der Waals surface area contributed by atoms with Crippen LogP contribution in [0.4, 0.5) is 21.7 Å². The molecule has 4 aromatic rings. The summed E-state index contributed by atoms with van der Waals surface area (Å²) < 4.78 is 39.3. The molecule has 0 amide bonds. The highest BCUT2D eigenvalue weighted by Gasteiger charge is 2.22. The highest BCUT2D eigenvalue weighted by Crippen LogP contribution is 2.34. The molecule has 0 fully saturated rings. The van der Waals surface area contributed by atoms with E-state index in [1.165, 1.54) is 18.2 Å². The van der Waals surface area contributed by atoms with Crippen LogP contribution in [0.5, 0.6) is 0 Å². The van der Waals surface area contributed by atoms with Crippen LogP contribution in [-0.2, 0) is 9.84 Å². The Kier molecular flexibility index (Phi) is 6.52. The van der Waals surface area contributed by atoms with E-state index in [9.17, 15) is 12.8 Å². The summed E-state index contributed by atoms with van der Waals surface area (Å²) in [6, 6.07) is 15.5. The van der Waals surface area contributed by atoms with Crippen molar-refractivity contribution >= 4 is 38.8 Å². The summed E-state index contributed by atoms with van der Waals surface area (Å²) in [6.45, 7) is 0. The van der Waals surface area contributed by atoms with Gasteiger partial charge in [-0.15, -0.1) is 0 Å². The average molecular weight is 484 g/mol. The second kappa shape index (κ2) is 9.51. The van der Waals surface area contributed by atoms with E-state index in [1.54, 1.807) is 61.1 Å². The van der Waals surface area contributed by atoms with Crippen LogP contribution in [0.3, 0.4) is 0 Å². The lowest BCUT2D eigenvalue weighted by molar-refractivity contribution is 0.602. The molecular weight excluding hydrogens is 465 g/mol. The number of pyridine rings is 1. The number of benzene rings is 2. The Labute approximate surface area is 195 Å². The lowest BCUT2D eigenvalue weighted by Crippen LogP contribution is -2.16. The summed E-state index contributed by atoms with van der Waals surface area (Å²) in [5.41, 5.74) is 1.72. The molecule has 0 spiro atoms. The van der Waals surface area contributed by atoms with E-state index in [0.29, 0.717) is 17.1 Å². The molecule has 0 aliphatic rings. The number of halogens is 2. The van der Waals surface area contributed by atoms with Crippen molar-refractivity contribution in [2.24, 2.45) is 0 Å². The first-order valence-electron chi connectivity index (χ1n) is 9.82. The summed E-state index contributed by atoms with van der Waals surface area (Å²) in [5, 5.41) is 6.29. The van der Waals surface area contributed by atoms with Gasteiger partial charge in [0, 0.05) is 30.4 Å². The van der Waals surface area contributed by atoms with Crippen LogP contribution < -0.4 is 10.6 Å². The van der Waals surface area contributed by atoms with Gasteiger partial charge in [0.2, 0.25) is 5.95 Å². The van der Waals surface area contributed by atoms with Gasteiger partial charge < -0.3 is 10.6 Å². The number of sulfone groups is 1. The number of hydrogen-bond donors (Lipinski definition) is 2. The first-order valence-corrected chi connectivity index (χ1v) is 12.1. The van der Waals surface area contributed by atoms with Gasteiger partial charge in [0.25, 0.3) is 0 Å². The van der Waals surface area contributed by atoms with Crippen molar-refractivity contribution in [1.29, 1.82) is 0 Å². The minimum absolute atomic E-state index is 0.0151. The highest BCUT2D eigenvalue weighted by molar-refractivity contribution is 7.90. The summed E-state index contributed by atoms with van der Waals surface area (Å²) in [6.07, 6.45) is 5.84. The SMILES string of the molecule is CS(=O)(=O)c1ccc(N[C@H](c2ccccn2)c2cccc(Cl)c2F)c(Nc2ncccn2)c1. The molecule has 0 saturated carbocycles. The molecule has 4 rings (SSSR count). The zero-order valence-electron chi connectivity index (χ0n) is 17.4. The van der Waals surface area contributed by atoms with Crippen molar-refractivity contribution in [1.82, 2.24) is 15.0 Å². The zero-order valence-corrected chi connectivity index (χ0v) is 19.0. The van der Waals surface area contributed by atoms with E-state index >= 15 is 0 Å². The summed E-state index contributed by atoms with van der Waals surface area (Å²) in [4.78, 5) is 12.8. The number of nitrogens with one attached hydrogen (secondary N) is 2. The van der Waals surface area contributed by atoms with Gasteiger partial charge in [-0.1, -0.05) is 29.8 Å². The highest BCUT2D eigenvalue weighted by atomic mass is 35.5. The Hall–Kier alpha value is -3.56. The molecule has 2 aromatic carbocycles. The third-order valence-electron chi connectivity index (χ3n) is 4.81. The lowest BCUT2D eigenvalue weighted by atomic mass is 10.0. The predicted octanol–water partition coefficient (Wildman–Crippen LogP) is 5.01. The Bertz CT molecular complexity index is 1370. The molecule has 0 aliphatic heterocycles. The van der Waals surface area contributed by atoms with Crippen LogP contribution in [0, 0.1) is 5.82 Å². The second-order valence-corrected chi connectivity index (χ2v) is 9.57. The van der Waals surface area contributed by atoms with Gasteiger partial charge in [0.05, 0.1) is 33.0 Å². The number of anilines is 3. The monoisotopic (exact) mass is 483 g/mol. The van der Waals surface area contributed by atoms with Crippen molar-refractivity contribution in [3.05, 3.63) is 101 Å². The van der Waals surface area contributed by atoms with Crippen LogP contribution in [0.1, 0.15) is 17.3 Å². The van der Waals surface area contributed by atoms with Crippen molar-refractivity contribution in [2.75, 3.05) is 16.9 Å². The Balaban J connectivity index is 1.82. The standard InChI is InChI=1S/C23H19ClFN5O2S/c1-33(31,32)15-9-10-18(20(14-15)30-23-27-12-5-13-28-23)29-22(19-8-2-3-11-26-19)16-6-4-7-17(24)21(16)25/h2-14,22,29H,1H3,(H,27,28,30)/t22-/m0/s1. The fraction of sp³-hybridized carbons (Fsp3) is 0.0870. The number of hydrogen-bond acceptors (Lipinski definition) is 7. The second-order valence-electron chi connectivity index (χ2n) is 7.15. The molecule has 0 bridgehead atoms. The van der Waals surface area contributed by atoms with Gasteiger partial charge in [0.1, 0.15) is 5.82 Å². The lowest BCUT2D eigenvalue weighted by Gasteiger charge is -2.23. The zero-order chi connectivity index (χ0) is 23.4. The largest absolute Gasteiger partial charge is 0.371 e. The molecule has 2 heterocycles. The average Bonchev–Trinajstić information content (AvgIpc) is 2.81. The van der Waals surface area contributed by atoms with Crippen LogP contribution in [0.2, 0.25) is 5.02 Å². The van der Waals surface area contributed by atoms with E-state index < -0.39 is 21.7 Å². The molecule has 1 atom stereocenters. The van der Waals surface area contributed by atoms with Gasteiger partial charge in [-0.05, 0) is 42.5 Å². The molecule has 2 N–H and O–H groups in total. The van der Waals surface area contributed by atoms with E-state index in [0.717, 1.165) is 6.26 Å². The van der Waals surface area contributed by atoms with Crippen LogP contribution in [-0.4, -0.2) is 29.6 Å². The maximum Gasteiger partial charge on any atom is 0.227 e. The number of nitrogens with zero attached hydrogens (tertiary/aromatic N) is 3. The van der Waals surface area contributed by atoms with E-state index in [2.05, 4.69) is 25.6 Å². The molecular formula is C23H19ClFN5O2S. The van der Waals surface area contributed by atoms with Crippen molar-refractivity contribution < 1.29 is 12.8 Å². The normalized spacial score (nSPS) is 12.2. The molecule has 0 saturated heterocycles. The third kappa shape index (κ3) is 5.27. The Morgan fingerprint density at radius 1 is 0.909 bits per heavy atom. The molecule has 33 heavy (non-hydrogen) atoms. The number of rotatable bonds is 7. The van der Waals surface area contributed by atoms with Crippen molar-refractivity contribution in [3.63, 3.8) is 0 Å². The van der Waals surface area contributed by atoms with Crippen molar-refractivity contribution in [2.45, 2.75) is 10.9 Å². The maximum absolute atomic E-state index is 15.0.